The Bertz CT molecular complexity index is 827. The first-order valence-electron chi connectivity index (χ1n) is 14.7. The first-order valence-corrected chi connectivity index (χ1v) is 14.7. The first-order chi connectivity index (χ1) is 18.7. The molecule has 1 saturated heterocycles. The third-order valence-corrected chi connectivity index (χ3v) is 7.94. The van der Waals surface area contributed by atoms with Gasteiger partial charge in [0, 0.05) is 45.2 Å². The standard InChI is InChI=1S/C31H54N2O6/c1-21(2)25(15-23-10-11-29(37-6)30(16-23)39-14-8-12-36-5)17-27(32)28(34)18-26(22(3)4)31(35)33-19-24-9-7-13-38-20-24/h10-11,16,21-22,24-28,34H,7-9,12-15,17-20,32H2,1-6H3,(H,33,35)/t24-,25+,26+,27+,28-/m1/s1. The smallest absolute Gasteiger partial charge is 0.223 e. The van der Waals surface area contributed by atoms with Crippen LogP contribution >= 0.6 is 0 Å². The Morgan fingerprint density at radius 1 is 1.13 bits per heavy atom. The van der Waals surface area contributed by atoms with Crippen LogP contribution in [0.25, 0.3) is 0 Å². The van der Waals surface area contributed by atoms with E-state index in [4.69, 9.17) is 24.7 Å². The van der Waals surface area contributed by atoms with E-state index in [-0.39, 0.29) is 23.7 Å². The molecule has 1 aromatic rings. The van der Waals surface area contributed by atoms with Crippen LogP contribution in [-0.4, -0.2) is 70.4 Å². The number of aliphatic hydroxyl groups excluding tert-OH is 1. The number of ether oxygens (including phenoxy) is 4. The number of carbonyl (C=O) groups is 1. The van der Waals surface area contributed by atoms with Crippen molar-refractivity contribution in [1.82, 2.24) is 5.32 Å². The van der Waals surface area contributed by atoms with E-state index in [0.717, 1.165) is 43.6 Å². The van der Waals surface area contributed by atoms with Gasteiger partial charge in [0.1, 0.15) is 0 Å². The summed E-state index contributed by atoms with van der Waals surface area (Å²) in [7, 11) is 3.32. The van der Waals surface area contributed by atoms with Gasteiger partial charge in [-0.25, -0.2) is 0 Å². The molecule has 2 rings (SSSR count). The molecule has 39 heavy (non-hydrogen) atoms. The Balaban J connectivity index is 1.97. The molecule has 8 heteroatoms. The van der Waals surface area contributed by atoms with Gasteiger partial charge in [-0.15, -0.1) is 0 Å². The number of aliphatic hydroxyl groups is 1. The minimum atomic E-state index is -0.752. The largest absolute Gasteiger partial charge is 0.493 e. The van der Waals surface area contributed by atoms with Crippen LogP contribution in [0.1, 0.15) is 65.4 Å². The van der Waals surface area contributed by atoms with Crippen molar-refractivity contribution in [2.24, 2.45) is 35.3 Å². The Hall–Kier alpha value is -1.87. The monoisotopic (exact) mass is 550 g/mol. The van der Waals surface area contributed by atoms with E-state index < -0.39 is 12.1 Å². The summed E-state index contributed by atoms with van der Waals surface area (Å²) in [6.07, 6.45) is 4.01. The van der Waals surface area contributed by atoms with E-state index in [9.17, 15) is 9.90 Å². The molecule has 1 heterocycles. The van der Waals surface area contributed by atoms with Gasteiger partial charge in [0.2, 0.25) is 5.91 Å². The Morgan fingerprint density at radius 3 is 2.51 bits per heavy atom. The summed E-state index contributed by atoms with van der Waals surface area (Å²) in [6.45, 7) is 11.8. The maximum atomic E-state index is 13.0. The van der Waals surface area contributed by atoms with Gasteiger partial charge < -0.3 is 35.1 Å². The van der Waals surface area contributed by atoms with Crippen molar-refractivity contribution < 1.29 is 28.8 Å². The van der Waals surface area contributed by atoms with Crippen molar-refractivity contribution in [3.05, 3.63) is 23.8 Å². The number of hydrogen-bond donors (Lipinski definition) is 3. The predicted octanol–water partition coefficient (Wildman–Crippen LogP) is 4.21. The van der Waals surface area contributed by atoms with Gasteiger partial charge in [0.15, 0.2) is 11.5 Å². The highest BCUT2D eigenvalue weighted by molar-refractivity contribution is 5.78. The lowest BCUT2D eigenvalue weighted by Crippen LogP contribution is -2.44. The second-order valence-electron chi connectivity index (χ2n) is 11.8. The molecule has 0 aromatic heterocycles. The summed E-state index contributed by atoms with van der Waals surface area (Å²) < 4.78 is 22.1. The first kappa shape index (κ1) is 33.3. The normalized spacial score (nSPS) is 19.0. The Labute approximate surface area is 236 Å². The van der Waals surface area contributed by atoms with Gasteiger partial charge in [0.25, 0.3) is 0 Å². The maximum Gasteiger partial charge on any atom is 0.223 e. The van der Waals surface area contributed by atoms with E-state index in [1.165, 1.54) is 0 Å². The average molecular weight is 551 g/mol. The minimum Gasteiger partial charge on any atom is -0.493 e. The fourth-order valence-corrected chi connectivity index (χ4v) is 5.21. The zero-order valence-corrected chi connectivity index (χ0v) is 25.1. The Kier molecular flexibility index (Phi) is 15.2. The van der Waals surface area contributed by atoms with Crippen molar-refractivity contribution in [2.45, 2.75) is 78.4 Å². The third-order valence-electron chi connectivity index (χ3n) is 7.94. The summed E-state index contributed by atoms with van der Waals surface area (Å²) >= 11 is 0. The molecule has 1 aliphatic heterocycles. The van der Waals surface area contributed by atoms with Crippen LogP contribution in [-0.2, 0) is 20.7 Å². The number of nitrogens with one attached hydrogen (secondary N) is 1. The van der Waals surface area contributed by atoms with E-state index >= 15 is 0 Å². The lowest BCUT2D eigenvalue weighted by Gasteiger charge is -2.30. The quantitative estimate of drug-likeness (QED) is 0.235. The number of carbonyl (C=O) groups excluding carboxylic acids is 1. The number of rotatable bonds is 18. The molecule has 0 bridgehead atoms. The minimum absolute atomic E-state index is 0.00139. The van der Waals surface area contributed by atoms with Gasteiger partial charge in [-0.3, -0.25) is 4.79 Å². The molecular weight excluding hydrogens is 496 g/mol. The van der Waals surface area contributed by atoms with Gasteiger partial charge in [0.05, 0.1) is 26.4 Å². The summed E-state index contributed by atoms with van der Waals surface area (Å²) in [5.41, 5.74) is 7.71. The highest BCUT2D eigenvalue weighted by atomic mass is 16.5. The molecule has 1 amide bonds. The van der Waals surface area contributed by atoms with E-state index in [0.29, 0.717) is 56.8 Å². The second kappa shape index (κ2) is 17.7. The molecule has 8 nitrogen and oxygen atoms in total. The van der Waals surface area contributed by atoms with Gasteiger partial charge >= 0.3 is 0 Å². The van der Waals surface area contributed by atoms with Crippen LogP contribution < -0.4 is 20.5 Å². The lowest BCUT2D eigenvalue weighted by molar-refractivity contribution is -0.128. The molecule has 0 saturated carbocycles. The number of methoxy groups -OCH3 is 2. The molecule has 0 radical (unpaired) electrons. The Morgan fingerprint density at radius 2 is 1.90 bits per heavy atom. The number of nitrogens with two attached hydrogens (primary N) is 1. The fourth-order valence-electron chi connectivity index (χ4n) is 5.21. The van der Waals surface area contributed by atoms with Gasteiger partial charge in [-0.2, -0.15) is 0 Å². The molecule has 1 fully saturated rings. The molecule has 1 aliphatic rings. The van der Waals surface area contributed by atoms with Crippen LogP contribution in [0.5, 0.6) is 11.5 Å². The van der Waals surface area contributed by atoms with E-state index in [2.05, 4.69) is 25.2 Å². The summed E-state index contributed by atoms with van der Waals surface area (Å²) in [6, 6.07) is 5.63. The van der Waals surface area contributed by atoms with Crippen LogP contribution in [0.15, 0.2) is 18.2 Å². The number of amides is 1. The lowest BCUT2D eigenvalue weighted by atomic mass is 9.80. The SMILES string of the molecule is COCCCOc1cc(C[C@@H](C[C@H](N)[C@H](O)C[C@H](C(=O)NC[C@H]2CCCOC2)C(C)C)C(C)C)ccc1OC. The summed E-state index contributed by atoms with van der Waals surface area (Å²) in [4.78, 5) is 13.0. The highest BCUT2D eigenvalue weighted by Crippen LogP contribution is 2.32. The number of hydrogen-bond acceptors (Lipinski definition) is 7. The maximum absolute atomic E-state index is 13.0. The average Bonchev–Trinajstić information content (AvgIpc) is 2.92. The van der Waals surface area contributed by atoms with Crippen LogP contribution in [0.2, 0.25) is 0 Å². The molecule has 224 valence electrons. The topological polar surface area (TPSA) is 112 Å². The fraction of sp³-hybridized carbons (Fsp3) is 0.774. The van der Waals surface area contributed by atoms with Crippen molar-refractivity contribution in [3.63, 3.8) is 0 Å². The van der Waals surface area contributed by atoms with Crippen molar-refractivity contribution in [1.29, 1.82) is 0 Å². The molecular formula is C31H54N2O6. The zero-order valence-electron chi connectivity index (χ0n) is 25.1. The molecule has 0 aliphatic carbocycles. The molecule has 4 N–H and O–H groups in total. The van der Waals surface area contributed by atoms with E-state index in [1.807, 2.05) is 26.0 Å². The molecule has 0 spiro atoms. The van der Waals surface area contributed by atoms with Gasteiger partial charge in [-0.1, -0.05) is 33.8 Å². The zero-order chi connectivity index (χ0) is 28.8. The molecule has 0 unspecified atom stereocenters. The second-order valence-corrected chi connectivity index (χ2v) is 11.8. The molecule has 5 atom stereocenters. The van der Waals surface area contributed by atoms with Gasteiger partial charge in [-0.05, 0) is 73.5 Å². The third kappa shape index (κ3) is 11.6. The van der Waals surface area contributed by atoms with Crippen LogP contribution in [0.3, 0.4) is 0 Å². The number of benzene rings is 1. The summed E-state index contributed by atoms with van der Waals surface area (Å²) in [5.74, 6) is 2.26. The van der Waals surface area contributed by atoms with E-state index in [1.54, 1.807) is 14.2 Å². The predicted molar refractivity (Wildman–Crippen MR) is 155 cm³/mol. The van der Waals surface area contributed by atoms with Crippen molar-refractivity contribution in [3.8, 4) is 11.5 Å². The van der Waals surface area contributed by atoms with Crippen molar-refractivity contribution >= 4 is 5.91 Å². The summed E-state index contributed by atoms with van der Waals surface area (Å²) in [5, 5.41) is 14.2. The van der Waals surface area contributed by atoms with Crippen molar-refractivity contribution in [2.75, 3.05) is 47.2 Å². The van der Waals surface area contributed by atoms with Crippen LogP contribution in [0.4, 0.5) is 0 Å². The van der Waals surface area contributed by atoms with Crippen LogP contribution in [0, 0.1) is 29.6 Å². The highest BCUT2D eigenvalue weighted by Gasteiger charge is 2.30. The molecule has 1 aromatic carbocycles.